The lowest BCUT2D eigenvalue weighted by molar-refractivity contribution is -0.141. The van der Waals surface area contributed by atoms with Gasteiger partial charge in [0.05, 0.1) is 18.4 Å². The molecule has 9 heteroatoms. The molecule has 1 amide bonds. The molecule has 1 saturated carbocycles. The number of alkyl halides is 3. The first-order valence-electron chi connectivity index (χ1n) is 6.94. The minimum Gasteiger partial charge on any atom is -0.465 e. The number of halogens is 3. The molecule has 1 aromatic rings. The molecule has 2 heterocycles. The summed E-state index contributed by atoms with van der Waals surface area (Å²) in [6.45, 7) is 1.88. The first-order chi connectivity index (χ1) is 10.3. The van der Waals surface area contributed by atoms with Crippen molar-refractivity contribution in [3.63, 3.8) is 0 Å². The zero-order chi connectivity index (χ0) is 16.1. The normalized spacial score (nSPS) is 30.6. The molecule has 1 aromatic heterocycles. The summed E-state index contributed by atoms with van der Waals surface area (Å²) in [5.41, 5.74) is -1.05. The molecule has 3 rings (SSSR count). The molecule has 4 atom stereocenters. The van der Waals surface area contributed by atoms with E-state index in [1.807, 2.05) is 6.92 Å². The molecule has 1 aliphatic heterocycles. The smallest absolute Gasteiger partial charge is 0.434 e. The average molecular weight is 316 g/mol. The number of carbonyl (C=O) groups is 1. The zero-order valence-corrected chi connectivity index (χ0v) is 11.7. The van der Waals surface area contributed by atoms with E-state index < -0.39 is 18.0 Å². The van der Waals surface area contributed by atoms with Crippen molar-refractivity contribution in [1.82, 2.24) is 14.9 Å². The summed E-state index contributed by atoms with van der Waals surface area (Å²) in [5, 5.41) is 12.3. The maximum Gasteiger partial charge on any atom is 0.434 e. The monoisotopic (exact) mass is 316 g/mol. The number of anilines is 1. The quantitative estimate of drug-likeness (QED) is 0.876. The van der Waals surface area contributed by atoms with Crippen LogP contribution >= 0.6 is 0 Å². The highest BCUT2D eigenvalue weighted by Crippen LogP contribution is 2.43. The van der Waals surface area contributed by atoms with Gasteiger partial charge in [-0.3, -0.25) is 0 Å². The number of hydrogen-bond donors (Lipinski definition) is 2. The molecule has 1 saturated heterocycles. The number of nitrogens with one attached hydrogen (secondary N) is 1. The Morgan fingerprint density at radius 3 is 2.59 bits per heavy atom. The lowest BCUT2D eigenvalue weighted by Gasteiger charge is -2.36. The summed E-state index contributed by atoms with van der Waals surface area (Å²) in [6, 6.07) is -0.357. The number of carboxylic acid groups (broad SMARTS) is 1. The molecular formula is C13H15F3N4O2. The average Bonchev–Trinajstić information content (AvgIpc) is 2.95. The summed E-state index contributed by atoms with van der Waals surface area (Å²) in [5.74, 6) is 0.490. The molecule has 22 heavy (non-hydrogen) atoms. The van der Waals surface area contributed by atoms with Gasteiger partial charge < -0.3 is 15.3 Å². The maximum atomic E-state index is 12.4. The molecule has 120 valence electrons. The number of rotatable bonds is 2. The SMILES string of the molecule is CC1C2CC(Nc3cnc(C(F)(F)F)cn3)C(C2)N1C(=O)O. The van der Waals surface area contributed by atoms with Crippen molar-refractivity contribution >= 4 is 11.9 Å². The van der Waals surface area contributed by atoms with E-state index in [1.54, 1.807) is 0 Å². The van der Waals surface area contributed by atoms with Gasteiger partial charge in [-0.25, -0.2) is 14.8 Å². The summed E-state index contributed by atoms with van der Waals surface area (Å²) in [4.78, 5) is 19.8. The van der Waals surface area contributed by atoms with E-state index in [4.69, 9.17) is 0 Å². The van der Waals surface area contributed by atoms with Gasteiger partial charge in [-0.15, -0.1) is 0 Å². The van der Waals surface area contributed by atoms with Crippen LogP contribution in [0.3, 0.4) is 0 Å². The molecule has 2 aliphatic rings. The van der Waals surface area contributed by atoms with E-state index in [2.05, 4.69) is 15.3 Å². The van der Waals surface area contributed by atoms with Crippen molar-refractivity contribution < 1.29 is 23.1 Å². The van der Waals surface area contributed by atoms with Gasteiger partial charge in [-0.05, 0) is 25.7 Å². The highest BCUT2D eigenvalue weighted by Gasteiger charge is 2.51. The van der Waals surface area contributed by atoms with Crippen LogP contribution in [0.1, 0.15) is 25.5 Å². The van der Waals surface area contributed by atoms with E-state index in [0.717, 1.165) is 19.0 Å². The summed E-state index contributed by atoms with van der Waals surface area (Å²) in [7, 11) is 0. The molecular weight excluding hydrogens is 301 g/mol. The van der Waals surface area contributed by atoms with Crippen LogP contribution in [0, 0.1) is 5.92 Å². The van der Waals surface area contributed by atoms with E-state index in [-0.39, 0.29) is 29.9 Å². The number of likely N-dealkylation sites (tertiary alicyclic amines) is 1. The van der Waals surface area contributed by atoms with Gasteiger partial charge in [-0.1, -0.05) is 0 Å². The van der Waals surface area contributed by atoms with Crippen LogP contribution < -0.4 is 5.32 Å². The first kappa shape index (κ1) is 14.9. The second kappa shape index (κ2) is 4.99. The van der Waals surface area contributed by atoms with E-state index in [9.17, 15) is 23.1 Å². The van der Waals surface area contributed by atoms with Crippen LogP contribution in [0.25, 0.3) is 0 Å². The Balaban J connectivity index is 1.71. The van der Waals surface area contributed by atoms with Gasteiger partial charge >= 0.3 is 12.3 Å². The largest absolute Gasteiger partial charge is 0.465 e. The lowest BCUT2D eigenvalue weighted by Crippen LogP contribution is -2.51. The van der Waals surface area contributed by atoms with Crippen LogP contribution in [0.15, 0.2) is 12.4 Å². The highest BCUT2D eigenvalue weighted by atomic mass is 19.4. The van der Waals surface area contributed by atoms with Crippen LogP contribution in [-0.4, -0.2) is 44.2 Å². The number of nitrogens with zero attached hydrogens (tertiary/aromatic N) is 3. The van der Waals surface area contributed by atoms with Gasteiger partial charge in [0.2, 0.25) is 0 Å². The van der Waals surface area contributed by atoms with Crippen molar-refractivity contribution in [2.75, 3.05) is 5.32 Å². The van der Waals surface area contributed by atoms with Gasteiger partial charge in [0, 0.05) is 12.1 Å². The van der Waals surface area contributed by atoms with Crippen molar-refractivity contribution in [1.29, 1.82) is 0 Å². The molecule has 2 fully saturated rings. The van der Waals surface area contributed by atoms with Crippen LogP contribution in [0.5, 0.6) is 0 Å². The number of hydrogen-bond acceptors (Lipinski definition) is 4. The molecule has 0 radical (unpaired) electrons. The molecule has 0 spiro atoms. The van der Waals surface area contributed by atoms with Crippen LogP contribution in [0.4, 0.5) is 23.8 Å². The molecule has 2 N–H and O–H groups in total. The van der Waals surface area contributed by atoms with Crippen molar-refractivity contribution in [2.24, 2.45) is 5.92 Å². The molecule has 6 nitrogen and oxygen atoms in total. The fourth-order valence-electron chi connectivity index (χ4n) is 3.49. The standard InChI is InChI=1S/C13H15F3N4O2/c1-6-7-2-8(9(3-7)20(6)12(21)22)19-11-5-17-10(4-18-11)13(14,15)16/h4-9H,2-3H2,1H3,(H,18,19)(H,21,22). The Kier molecular flexibility index (Phi) is 3.37. The van der Waals surface area contributed by atoms with E-state index in [1.165, 1.54) is 4.90 Å². The van der Waals surface area contributed by atoms with Gasteiger partial charge in [0.15, 0.2) is 5.69 Å². The summed E-state index contributed by atoms with van der Waals surface area (Å²) >= 11 is 0. The molecule has 4 unspecified atom stereocenters. The second-order valence-corrected chi connectivity index (χ2v) is 5.76. The topological polar surface area (TPSA) is 78.4 Å². The number of amides is 1. The Morgan fingerprint density at radius 1 is 1.36 bits per heavy atom. The third-order valence-corrected chi connectivity index (χ3v) is 4.54. The highest BCUT2D eigenvalue weighted by molar-refractivity contribution is 5.67. The fourth-order valence-corrected chi connectivity index (χ4v) is 3.49. The lowest BCUT2D eigenvalue weighted by atomic mass is 9.98. The zero-order valence-electron chi connectivity index (χ0n) is 11.7. The summed E-state index contributed by atoms with van der Waals surface area (Å²) in [6.07, 6.45) is -2.24. The van der Waals surface area contributed by atoms with Gasteiger partial charge in [-0.2, -0.15) is 13.2 Å². The van der Waals surface area contributed by atoms with Crippen molar-refractivity contribution in [3.8, 4) is 0 Å². The van der Waals surface area contributed by atoms with Crippen molar-refractivity contribution in [3.05, 3.63) is 18.1 Å². The Morgan fingerprint density at radius 2 is 2.09 bits per heavy atom. The van der Waals surface area contributed by atoms with Crippen LogP contribution in [-0.2, 0) is 6.18 Å². The summed E-state index contributed by atoms with van der Waals surface area (Å²) < 4.78 is 37.3. The number of fused-ring (bicyclic) bond motifs is 2. The molecule has 0 aromatic carbocycles. The number of piperidine rings is 1. The molecule has 1 aliphatic carbocycles. The van der Waals surface area contributed by atoms with E-state index in [0.29, 0.717) is 6.20 Å². The minimum absolute atomic E-state index is 0.0285. The molecule has 2 bridgehead atoms. The van der Waals surface area contributed by atoms with Crippen molar-refractivity contribution in [2.45, 2.75) is 44.1 Å². The number of aromatic nitrogens is 2. The van der Waals surface area contributed by atoms with E-state index >= 15 is 0 Å². The fraction of sp³-hybridized carbons (Fsp3) is 0.615. The van der Waals surface area contributed by atoms with Gasteiger partial charge in [0.1, 0.15) is 5.82 Å². The Bertz CT molecular complexity index is 578. The third-order valence-electron chi connectivity index (χ3n) is 4.54. The third kappa shape index (κ3) is 2.44. The maximum absolute atomic E-state index is 12.4. The Labute approximate surface area is 124 Å². The predicted octanol–water partition coefficient (Wildman–Crippen LogP) is 2.44. The minimum atomic E-state index is -4.52. The van der Waals surface area contributed by atoms with Crippen LogP contribution in [0.2, 0.25) is 0 Å². The van der Waals surface area contributed by atoms with Gasteiger partial charge in [0.25, 0.3) is 0 Å². The second-order valence-electron chi connectivity index (χ2n) is 5.76. The Hall–Kier alpha value is -2.06. The first-order valence-corrected chi connectivity index (χ1v) is 6.94. The predicted molar refractivity (Wildman–Crippen MR) is 70.3 cm³/mol.